The molecule has 35 heavy (non-hydrogen) atoms. The molecule has 4 aliphatic carbocycles. The second-order valence-electron chi connectivity index (χ2n) is 11.4. The van der Waals surface area contributed by atoms with Crippen LogP contribution < -0.4 is 15.4 Å². The summed E-state index contributed by atoms with van der Waals surface area (Å²) in [6.45, 7) is 2.32. The van der Waals surface area contributed by atoms with Crippen LogP contribution in [0.3, 0.4) is 0 Å². The zero-order chi connectivity index (χ0) is 24.1. The Labute approximate surface area is 209 Å². The van der Waals surface area contributed by atoms with E-state index in [0.29, 0.717) is 29.8 Å². The van der Waals surface area contributed by atoms with E-state index in [2.05, 4.69) is 22.8 Å². The molecule has 4 fully saturated rings. The van der Waals surface area contributed by atoms with E-state index < -0.39 is 6.10 Å². The average Bonchev–Trinajstić information content (AvgIpc) is 2.85. The van der Waals surface area contributed by atoms with Crippen LogP contribution in [0.4, 0.5) is 0 Å². The number of hydrogen-bond donors (Lipinski definition) is 3. The van der Waals surface area contributed by atoms with Gasteiger partial charge in [-0.1, -0.05) is 42.5 Å². The molecule has 0 aliphatic heterocycles. The zero-order valence-corrected chi connectivity index (χ0v) is 20.8. The Bertz CT molecular complexity index is 941. The highest BCUT2D eigenvalue weighted by Crippen LogP contribution is 2.59. The molecule has 3 N–H and O–H groups in total. The van der Waals surface area contributed by atoms with Crippen molar-refractivity contribution >= 4 is 5.91 Å². The Morgan fingerprint density at radius 2 is 1.63 bits per heavy atom. The van der Waals surface area contributed by atoms with Crippen molar-refractivity contribution in [3.05, 3.63) is 65.7 Å². The number of benzene rings is 2. The highest BCUT2D eigenvalue weighted by atomic mass is 16.5. The number of carbonyl (C=O) groups excluding carboxylic acids is 1. The molecule has 0 spiro atoms. The van der Waals surface area contributed by atoms with Crippen LogP contribution in [-0.4, -0.2) is 43.4 Å². The van der Waals surface area contributed by atoms with Gasteiger partial charge in [-0.15, -0.1) is 0 Å². The van der Waals surface area contributed by atoms with Crippen molar-refractivity contribution < 1.29 is 14.6 Å². The molecular formula is C30H40N2O3. The van der Waals surface area contributed by atoms with Gasteiger partial charge in [-0.3, -0.25) is 4.79 Å². The largest absolute Gasteiger partial charge is 0.490 e. The monoisotopic (exact) mass is 476 g/mol. The van der Waals surface area contributed by atoms with E-state index >= 15 is 0 Å². The fourth-order valence-corrected chi connectivity index (χ4v) is 7.27. The quantitative estimate of drug-likeness (QED) is 0.392. The smallest absolute Gasteiger partial charge is 0.255 e. The molecule has 0 aromatic heterocycles. The summed E-state index contributed by atoms with van der Waals surface area (Å²) in [4.78, 5) is 12.7. The SMILES string of the molecule is O=C(NCCCc1ccccc1)c1ccccc1OCC(O)CNCC12CC3CC(CC(C3)C1)C2. The summed E-state index contributed by atoms with van der Waals surface area (Å²) in [6.07, 6.45) is 9.67. The maximum Gasteiger partial charge on any atom is 0.255 e. The molecule has 4 bridgehead atoms. The normalized spacial score (nSPS) is 27.5. The van der Waals surface area contributed by atoms with Crippen molar-refractivity contribution in [1.29, 1.82) is 0 Å². The molecule has 1 unspecified atom stereocenters. The van der Waals surface area contributed by atoms with Gasteiger partial charge < -0.3 is 20.5 Å². The summed E-state index contributed by atoms with van der Waals surface area (Å²) in [5.74, 6) is 3.21. The van der Waals surface area contributed by atoms with Crippen molar-refractivity contribution in [3.8, 4) is 5.75 Å². The van der Waals surface area contributed by atoms with Crippen LogP contribution in [0.15, 0.2) is 54.6 Å². The topological polar surface area (TPSA) is 70.6 Å². The van der Waals surface area contributed by atoms with Crippen LogP contribution in [-0.2, 0) is 6.42 Å². The molecule has 2 aromatic carbocycles. The molecule has 0 radical (unpaired) electrons. The third-order valence-electron chi connectivity index (χ3n) is 8.38. The number of aliphatic hydroxyl groups excluding tert-OH is 1. The molecule has 6 rings (SSSR count). The number of ether oxygens (including phenoxy) is 1. The van der Waals surface area contributed by atoms with Crippen LogP contribution in [0.2, 0.25) is 0 Å². The van der Waals surface area contributed by atoms with Crippen molar-refractivity contribution in [2.45, 2.75) is 57.5 Å². The van der Waals surface area contributed by atoms with Gasteiger partial charge in [0.05, 0.1) is 5.56 Å². The third kappa shape index (κ3) is 6.25. The van der Waals surface area contributed by atoms with Gasteiger partial charge in [-0.05, 0) is 92.2 Å². The van der Waals surface area contributed by atoms with E-state index in [4.69, 9.17) is 4.74 Å². The molecule has 188 valence electrons. The van der Waals surface area contributed by atoms with Gasteiger partial charge >= 0.3 is 0 Å². The minimum Gasteiger partial charge on any atom is -0.490 e. The summed E-state index contributed by atoms with van der Waals surface area (Å²) in [5.41, 5.74) is 2.25. The summed E-state index contributed by atoms with van der Waals surface area (Å²) in [5, 5.41) is 17.1. The van der Waals surface area contributed by atoms with Gasteiger partial charge in [0.15, 0.2) is 0 Å². The van der Waals surface area contributed by atoms with E-state index in [9.17, 15) is 9.90 Å². The fraction of sp³-hybridized carbons (Fsp3) is 0.567. The molecule has 0 saturated heterocycles. The molecule has 5 heteroatoms. The maximum absolute atomic E-state index is 12.7. The fourth-order valence-electron chi connectivity index (χ4n) is 7.27. The number of carbonyl (C=O) groups is 1. The number of amides is 1. The Hall–Kier alpha value is -2.37. The van der Waals surface area contributed by atoms with Crippen molar-refractivity contribution in [3.63, 3.8) is 0 Å². The number of nitrogens with one attached hydrogen (secondary N) is 2. The van der Waals surface area contributed by atoms with Crippen molar-refractivity contribution in [2.75, 3.05) is 26.2 Å². The second kappa shape index (κ2) is 11.1. The molecule has 0 heterocycles. The van der Waals surface area contributed by atoms with Crippen LogP contribution in [0.25, 0.3) is 0 Å². The van der Waals surface area contributed by atoms with Gasteiger partial charge in [0.25, 0.3) is 5.91 Å². The van der Waals surface area contributed by atoms with E-state index in [1.54, 1.807) is 12.1 Å². The predicted molar refractivity (Wildman–Crippen MR) is 139 cm³/mol. The molecule has 2 aromatic rings. The highest BCUT2D eigenvalue weighted by molar-refractivity contribution is 5.96. The van der Waals surface area contributed by atoms with Gasteiger partial charge in [0.1, 0.15) is 18.5 Å². The van der Waals surface area contributed by atoms with Crippen molar-refractivity contribution in [1.82, 2.24) is 10.6 Å². The van der Waals surface area contributed by atoms with Gasteiger partial charge in [0, 0.05) is 19.6 Å². The lowest BCUT2D eigenvalue weighted by molar-refractivity contribution is -0.0524. The number of aliphatic hydroxyl groups is 1. The molecule has 1 amide bonds. The van der Waals surface area contributed by atoms with Gasteiger partial charge in [0.2, 0.25) is 0 Å². The molecule has 1 atom stereocenters. The van der Waals surface area contributed by atoms with E-state index in [1.165, 1.54) is 44.1 Å². The Balaban J connectivity index is 1.04. The van der Waals surface area contributed by atoms with Crippen LogP contribution in [0.5, 0.6) is 5.75 Å². The predicted octanol–water partition coefficient (Wildman–Crippen LogP) is 4.59. The molecule has 5 nitrogen and oxygen atoms in total. The first-order chi connectivity index (χ1) is 17.1. The third-order valence-corrected chi connectivity index (χ3v) is 8.38. The number of para-hydroxylation sites is 1. The summed E-state index contributed by atoms with van der Waals surface area (Å²) < 4.78 is 5.89. The summed E-state index contributed by atoms with van der Waals surface area (Å²) >= 11 is 0. The first kappa shape index (κ1) is 24.3. The number of rotatable bonds is 12. The highest BCUT2D eigenvalue weighted by Gasteiger charge is 2.50. The Morgan fingerprint density at radius 3 is 2.34 bits per heavy atom. The first-order valence-corrected chi connectivity index (χ1v) is 13.5. The lowest BCUT2D eigenvalue weighted by atomic mass is 9.49. The average molecular weight is 477 g/mol. The lowest BCUT2D eigenvalue weighted by Crippen LogP contribution is -2.51. The zero-order valence-electron chi connectivity index (χ0n) is 20.8. The van der Waals surface area contributed by atoms with E-state index in [0.717, 1.165) is 37.1 Å². The Kier molecular flexibility index (Phi) is 7.74. The second-order valence-corrected chi connectivity index (χ2v) is 11.4. The van der Waals surface area contributed by atoms with Crippen LogP contribution in [0, 0.1) is 23.2 Å². The standard InChI is InChI=1S/C30H40N2O3/c33-26(19-31-21-30-16-23-13-24(17-30)15-25(14-23)18-30)20-35-28-11-5-4-10-27(28)29(34)32-12-6-9-22-7-2-1-3-8-22/h1-5,7-8,10-11,23-26,31,33H,6,9,12-21H2,(H,32,34). The minimum absolute atomic E-state index is 0.136. The lowest BCUT2D eigenvalue weighted by Gasteiger charge is -2.57. The summed E-state index contributed by atoms with van der Waals surface area (Å²) in [7, 11) is 0. The maximum atomic E-state index is 12.7. The van der Waals surface area contributed by atoms with Gasteiger partial charge in [-0.25, -0.2) is 0 Å². The Morgan fingerprint density at radius 1 is 0.971 bits per heavy atom. The molecule has 4 aliphatic rings. The number of hydrogen-bond acceptors (Lipinski definition) is 4. The summed E-state index contributed by atoms with van der Waals surface area (Å²) in [6, 6.07) is 17.6. The van der Waals surface area contributed by atoms with E-state index in [-0.39, 0.29) is 12.5 Å². The molecular weight excluding hydrogens is 436 g/mol. The van der Waals surface area contributed by atoms with E-state index in [1.807, 2.05) is 30.3 Å². The number of aryl methyl sites for hydroxylation is 1. The van der Waals surface area contributed by atoms with Crippen LogP contribution in [0.1, 0.15) is 60.9 Å². The minimum atomic E-state index is -0.606. The molecule has 4 saturated carbocycles. The van der Waals surface area contributed by atoms with Gasteiger partial charge in [-0.2, -0.15) is 0 Å². The van der Waals surface area contributed by atoms with Crippen molar-refractivity contribution in [2.24, 2.45) is 23.2 Å². The van der Waals surface area contributed by atoms with Crippen LogP contribution >= 0.6 is 0 Å². The first-order valence-electron chi connectivity index (χ1n) is 13.5.